The molecule has 0 saturated carbocycles. The molecule has 0 radical (unpaired) electrons. The van der Waals surface area contributed by atoms with Crippen LogP contribution in [-0.2, 0) is 0 Å². The van der Waals surface area contributed by atoms with Crippen molar-refractivity contribution >= 4 is 27.5 Å². The normalized spacial score (nSPS) is 12.1. The van der Waals surface area contributed by atoms with E-state index >= 15 is 0 Å². The van der Waals surface area contributed by atoms with Crippen LogP contribution < -0.4 is 0 Å². The summed E-state index contributed by atoms with van der Waals surface area (Å²) in [5.74, 6) is 0. The highest BCUT2D eigenvalue weighted by Crippen LogP contribution is 2.26. The van der Waals surface area contributed by atoms with E-state index in [4.69, 9.17) is 0 Å². The molecule has 27 heavy (non-hydrogen) atoms. The SMILES string of the molecule is O/N=C(/c1cccc(-c2cc3ccccc3[nH]2)c1)c1cc2ccccc2[nH]1. The lowest BCUT2D eigenvalue weighted by atomic mass is 10.0. The van der Waals surface area contributed by atoms with Gasteiger partial charge in [-0.1, -0.05) is 59.8 Å². The number of aromatic nitrogens is 2. The topological polar surface area (TPSA) is 64.2 Å². The fraction of sp³-hybridized carbons (Fsp3) is 0. The number of hydrogen-bond acceptors (Lipinski definition) is 2. The molecule has 0 fully saturated rings. The van der Waals surface area contributed by atoms with E-state index < -0.39 is 0 Å². The number of nitrogens with zero attached hydrogens (tertiary/aromatic N) is 1. The molecule has 0 aliphatic carbocycles. The second-order valence-electron chi connectivity index (χ2n) is 6.57. The number of benzene rings is 3. The van der Waals surface area contributed by atoms with E-state index in [1.54, 1.807) is 0 Å². The molecule has 130 valence electrons. The van der Waals surface area contributed by atoms with E-state index in [2.05, 4.69) is 39.4 Å². The van der Waals surface area contributed by atoms with Gasteiger partial charge >= 0.3 is 0 Å². The van der Waals surface area contributed by atoms with E-state index in [9.17, 15) is 5.21 Å². The Morgan fingerprint density at radius 3 is 2.11 bits per heavy atom. The molecule has 5 aromatic rings. The van der Waals surface area contributed by atoms with Crippen molar-refractivity contribution in [3.05, 3.63) is 96.2 Å². The van der Waals surface area contributed by atoms with Crippen molar-refractivity contribution in [1.82, 2.24) is 9.97 Å². The van der Waals surface area contributed by atoms with Gasteiger partial charge in [-0.2, -0.15) is 0 Å². The molecule has 0 bridgehead atoms. The molecule has 0 aliphatic rings. The Kier molecular flexibility index (Phi) is 3.54. The lowest BCUT2D eigenvalue weighted by molar-refractivity contribution is 0.319. The average molecular weight is 351 g/mol. The molecular weight excluding hydrogens is 334 g/mol. The third-order valence-corrected chi connectivity index (χ3v) is 4.86. The maximum atomic E-state index is 9.69. The summed E-state index contributed by atoms with van der Waals surface area (Å²) in [6.45, 7) is 0. The van der Waals surface area contributed by atoms with Gasteiger partial charge in [-0.15, -0.1) is 0 Å². The van der Waals surface area contributed by atoms with Crippen molar-refractivity contribution in [1.29, 1.82) is 0 Å². The summed E-state index contributed by atoms with van der Waals surface area (Å²) in [7, 11) is 0. The van der Waals surface area contributed by atoms with Gasteiger partial charge < -0.3 is 15.2 Å². The van der Waals surface area contributed by atoms with Gasteiger partial charge in [0.05, 0.1) is 5.69 Å². The van der Waals surface area contributed by atoms with Gasteiger partial charge in [-0.25, -0.2) is 0 Å². The average Bonchev–Trinajstić information content (AvgIpc) is 3.33. The monoisotopic (exact) mass is 351 g/mol. The quantitative estimate of drug-likeness (QED) is 0.223. The number of para-hydroxylation sites is 2. The van der Waals surface area contributed by atoms with Gasteiger partial charge in [0, 0.05) is 33.1 Å². The molecule has 2 aromatic heterocycles. The number of rotatable bonds is 3. The van der Waals surface area contributed by atoms with Gasteiger partial charge in [0.15, 0.2) is 0 Å². The maximum Gasteiger partial charge on any atom is 0.133 e. The zero-order chi connectivity index (χ0) is 18.2. The fourth-order valence-electron chi connectivity index (χ4n) is 3.53. The fourth-order valence-corrected chi connectivity index (χ4v) is 3.53. The maximum absolute atomic E-state index is 9.69. The Morgan fingerprint density at radius 2 is 1.41 bits per heavy atom. The molecule has 0 unspecified atom stereocenters. The van der Waals surface area contributed by atoms with Crippen molar-refractivity contribution in [3.63, 3.8) is 0 Å². The van der Waals surface area contributed by atoms with Gasteiger partial charge in [0.2, 0.25) is 0 Å². The van der Waals surface area contributed by atoms with Crippen molar-refractivity contribution < 1.29 is 5.21 Å². The minimum atomic E-state index is 0.518. The van der Waals surface area contributed by atoms with Crippen LogP contribution in [0.4, 0.5) is 0 Å². The number of aromatic amines is 2. The van der Waals surface area contributed by atoms with Crippen LogP contribution in [0.25, 0.3) is 33.1 Å². The molecule has 4 heteroatoms. The molecule has 5 rings (SSSR count). The number of oxime groups is 1. The second kappa shape index (κ2) is 6.18. The van der Waals surface area contributed by atoms with Crippen LogP contribution in [0.2, 0.25) is 0 Å². The summed E-state index contributed by atoms with van der Waals surface area (Å²) in [5, 5.41) is 15.5. The van der Waals surface area contributed by atoms with E-state index in [1.165, 1.54) is 5.39 Å². The Labute approximate surface area is 155 Å². The predicted molar refractivity (Wildman–Crippen MR) is 109 cm³/mol. The van der Waals surface area contributed by atoms with Crippen molar-refractivity contribution in [3.8, 4) is 11.3 Å². The molecular formula is C23H17N3O. The first-order chi connectivity index (χ1) is 13.3. The molecule has 3 N–H and O–H groups in total. The molecule has 0 amide bonds. The molecule has 0 saturated heterocycles. The minimum absolute atomic E-state index is 0.518. The van der Waals surface area contributed by atoms with Gasteiger partial charge in [-0.05, 0) is 35.9 Å². The molecule has 2 heterocycles. The zero-order valence-corrected chi connectivity index (χ0v) is 14.5. The highest BCUT2D eigenvalue weighted by atomic mass is 16.4. The van der Waals surface area contributed by atoms with Crippen molar-refractivity contribution in [2.45, 2.75) is 0 Å². The largest absolute Gasteiger partial charge is 0.410 e. The third kappa shape index (κ3) is 2.68. The first kappa shape index (κ1) is 15.5. The summed E-state index contributed by atoms with van der Waals surface area (Å²) >= 11 is 0. The Bertz CT molecular complexity index is 1230. The van der Waals surface area contributed by atoms with Crippen LogP contribution in [0.5, 0.6) is 0 Å². The van der Waals surface area contributed by atoms with Crippen LogP contribution in [0.3, 0.4) is 0 Å². The van der Waals surface area contributed by atoms with Crippen LogP contribution in [-0.4, -0.2) is 20.9 Å². The Balaban J connectivity index is 1.59. The summed E-state index contributed by atoms with van der Waals surface area (Å²) in [4.78, 5) is 6.77. The highest BCUT2D eigenvalue weighted by molar-refractivity contribution is 6.13. The van der Waals surface area contributed by atoms with Crippen LogP contribution in [0, 0.1) is 0 Å². The van der Waals surface area contributed by atoms with Gasteiger partial charge in [-0.3, -0.25) is 0 Å². The lowest BCUT2D eigenvalue weighted by Gasteiger charge is -2.05. The number of fused-ring (bicyclic) bond motifs is 2. The summed E-state index contributed by atoms with van der Waals surface area (Å²) in [6.07, 6.45) is 0. The van der Waals surface area contributed by atoms with E-state index in [0.29, 0.717) is 5.71 Å². The Hall–Kier alpha value is -3.79. The van der Waals surface area contributed by atoms with Crippen LogP contribution >= 0.6 is 0 Å². The Morgan fingerprint density at radius 1 is 0.704 bits per heavy atom. The van der Waals surface area contributed by atoms with Crippen molar-refractivity contribution in [2.24, 2.45) is 5.16 Å². The number of nitrogens with one attached hydrogen (secondary N) is 2. The molecule has 0 atom stereocenters. The van der Waals surface area contributed by atoms with E-state index in [0.717, 1.165) is 38.9 Å². The lowest BCUT2D eigenvalue weighted by Crippen LogP contribution is -2.04. The summed E-state index contributed by atoms with van der Waals surface area (Å²) in [6, 6.07) is 28.4. The second-order valence-corrected chi connectivity index (χ2v) is 6.57. The molecule has 3 aromatic carbocycles. The van der Waals surface area contributed by atoms with Crippen LogP contribution in [0.1, 0.15) is 11.3 Å². The third-order valence-electron chi connectivity index (χ3n) is 4.86. The molecule has 4 nitrogen and oxygen atoms in total. The standard InChI is InChI=1S/C23H17N3O/c27-26-23(22-14-17-7-2-4-11-20(17)25-22)18-9-5-8-15(12-18)21-13-16-6-1-3-10-19(16)24-21/h1-14,24-25,27H/b26-23-. The van der Waals surface area contributed by atoms with Crippen molar-refractivity contribution in [2.75, 3.05) is 0 Å². The zero-order valence-electron chi connectivity index (χ0n) is 14.5. The van der Waals surface area contributed by atoms with E-state index in [1.807, 2.05) is 60.7 Å². The van der Waals surface area contributed by atoms with E-state index in [-0.39, 0.29) is 0 Å². The van der Waals surface area contributed by atoms with Gasteiger partial charge in [0.25, 0.3) is 0 Å². The highest BCUT2D eigenvalue weighted by Gasteiger charge is 2.13. The predicted octanol–water partition coefficient (Wildman–Crippen LogP) is 5.54. The van der Waals surface area contributed by atoms with Gasteiger partial charge in [0.1, 0.15) is 5.71 Å². The molecule has 0 spiro atoms. The number of H-pyrrole nitrogens is 2. The van der Waals surface area contributed by atoms with Crippen LogP contribution in [0.15, 0.2) is 90.1 Å². The first-order valence-electron chi connectivity index (χ1n) is 8.80. The summed E-state index contributed by atoms with van der Waals surface area (Å²) in [5.41, 5.74) is 6.34. The smallest absolute Gasteiger partial charge is 0.133 e. The molecule has 0 aliphatic heterocycles. The number of hydrogen-bond donors (Lipinski definition) is 3. The minimum Gasteiger partial charge on any atom is -0.410 e. The first-order valence-corrected chi connectivity index (χ1v) is 8.80. The summed E-state index contributed by atoms with van der Waals surface area (Å²) < 4.78 is 0.